The van der Waals surface area contributed by atoms with Gasteiger partial charge in [-0.15, -0.1) is 0 Å². The molecule has 2 aromatic rings. The minimum Gasteiger partial charge on any atom is -0.400 e. The second kappa shape index (κ2) is 5.74. The number of rotatable bonds is 4. The molecule has 0 unspecified atom stereocenters. The van der Waals surface area contributed by atoms with Gasteiger partial charge in [0, 0.05) is 0 Å². The Balaban J connectivity index is 2.01. The second-order valence-corrected chi connectivity index (χ2v) is 3.61. The number of benzene rings is 1. The highest BCUT2D eigenvalue weighted by Gasteiger charge is 2.11. The molecule has 1 aromatic carbocycles. The summed E-state index contributed by atoms with van der Waals surface area (Å²) < 4.78 is 18.1. The predicted octanol–water partition coefficient (Wildman–Crippen LogP) is 2.09. The van der Waals surface area contributed by atoms with Crippen LogP contribution in [0.1, 0.15) is 16.1 Å². The van der Waals surface area contributed by atoms with Crippen molar-refractivity contribution in [2.75, 3.05) is 0 Å². The zero-order valence-corrected chi connectivity index (χ0v) is 9.95. The topological polar surface area (TPSA) is 97.7 Å². The van der Waals surface area contributed by atoms with Crippen molar-refractivity contribution in [3.05, 3.63) is 63.7 Å². The third-order valence-corrected chi connectivity index (χ3v) is 2.27. The van der Waals surface area contributed by atoms with Crippen molar-refractivity contribution >= 4 is 18.0 Å². The first-order valence-electron chi connectivity index (χ1n) is 5.40. The van der Waals surface area contributed by atoms with Gasteiger partial charge in [-0.05, 0) is 18.2 Å². The van der Waals surface area contributed by atoms with Gasteiger partial charge in [-0.25, -0.2) is 9.82 Å². The zero-order valence-electron chi connectivity index (χ0n) is 9.95. The fraction of sp³-hybridized carbons (Fsp3) is 0. The van der Waals surface area contributed by atoms with E-state index in [4.69, 9.17) is 4.42 Å². The Morgan fingerprint density at radius 3 is 2.75 bits per heavy atom. The van der Waals surface area contributed by atoms with Crippen LogP contribution in [0.3, 0.4) is 0 Å². The van der Waals surface area contributed by atoms with Crippen molar-refractivity contribution in [1.29, 1.82) is 0 Å². The quantitative estimate of drug-likeness (QED) is 0.525. The van der Waals surface area contributed by atoms with Crippen LogP contribution < -0.4 is 5.43 Å². The number of nitrogens with one attached hydrogen (secondary N) is 1. The molecule has 1 amide bonds. The molecule has 20 heavy (non-hydrogen) atoms. The van der Waals surface area contributed by atoms with Crippen molar-refractivity contribution in [2.45, 2.75) is 0 Å². The number of amides is 1. The Hall–Kier alpha value is -3.03. The molecule has 0 atom stereocenters. The highest BCUT2D eigenvalue weighted by atomic mass is 19.1. The maximum absolute atomic E-state index is 13.3. The number of hydrazone groups is 1. The molecule has 0 aliphatic rings. The van der Waals surface area contributed by atoms with Crippen LogP contribution in [0, 0.1) is 15.9 Å². The number of furan rings is 1. The molecule has 0 saturated carbocycles. The van der Waals surface area contributed by atoms with E-state index in [1.165, 1.54) is 24.3 Å². The molecule has 0 saturated heterocycles. The van der Waals surface area contributed by atoms with E-state index in [9.17, 15) is 19.3 Å². The molecule has 0 bridgehead atoms. The van der Waals surface area contributed by atoms with Crippen LogP contribution in [-0.4, -0.2) is 17.0 Å². The summed E-state index contributed by atoms with van der Waals surface area (Å²) in [6.45, 7) is 0. The third-order valence-electron chi connectivity index (χ3n) is 2.27. The van der Waals surface area contributed by atoms with E-state index in [1.54, 1.807) is 0 Å². The summed E-state index contributed by atoms with van der Waals surface area (Å²) in [5.74, 6) is -1.76. The summed E-state index contributed by atoms with van der Waals surface area (Å²) in [7, 11) is 0. The van der Waals surface area contributed by atoms with Gasteiger partial charge in [0.15, 0.2) is 5.76 Å². The fourth-order valence-corrected chi connectivity index (χ4v) is 1.37. The third kappa shape index (κ3) is 3.05. The first kappa shape index (κ1) is 13.4. The Morgan fingerprint density at radius 1 is 1.35 bits per heavy atom. The molecule has 1 heterocycles. The van der Waals surface area contributed by atoms with Gasteiger partial charge < -0.3 is 4.42 Å². The van der Waals surface area contributed by atoms with Crippen molar-refractivity contribution in [3.63, 3.8) is 0 Å². The lowest BCUT2D eigenvalue weighted by Crippen LogP contribution is -2.18. The van der Waals surface area contributed by atoms with Crippen LogP contribution in [0.5, 0.6) is 0 Å². The van der Waals surface area contributed by atoms with Gasteiger partial charge in [-0.3, -0.25) is 14.9 Å². The summed E-state index contributed by atoms with van der Waals surface area (Å²) in [6, 6.07) is 7.89. The molecule has 7 nitrogen and oxygen atoms in total. The molecule has 102 valence electrons. The molecule has 8 heteroatoms. The van der Waals surface area contributed by atoms with Gasteiger partial charge in [-0.2, -0.15) is 5.10 Å². The van der Waals surface area contributed by atoms with Gasteiger partial charge in [0.05, 0.1) is 17.8 Å². The minimum absolute atomic E-state index is 0.0885. The largest absolute Gasteiger partial charge is 0.433 e. The average molecular weight is 277 g/mol. The van der Waals surface area contributed by atoms with E-state index in [-0.39, 0.29) is 11.3 Å². The number of nitro groups is 1. The molecule has 0 aliphatic carbocycles. The summed E-state index contributed by atoms with van der Waals surface area (Å²) in [5.41, 5.74) is 1.93. The number of nitrogens with zero attached hydrogens (tertiary/aromatic N) is 2. The first-order chi connectivity index (χ1) is 9.58. The number of carbonyl (C=O) groups excluding carboxylic acids is 1. The molecular weight excluding hydrogens is 269 g/mol. The smallest absolute Gasteiger partial charge is 0.400 e. The Morgan fingerprint density at radius 2 is 2.10 bits per heavy atom. The van der Waals surface area contributed by atoms with Crippen LogP contribution in [0.4, 0.5) is 10.3 Å². The average Bonchev–Trinajstić information content (AvgIpc) is 2.88. The van der Waals surface area contributed by atoms with E-state index >= 15 is 0 Å². The monoisotopic (exact) mass is 277 g/mol. The van der Waals surface area contributed by atoms with Crippen LogP contribution in [0.15, 0.2) is 45.9 Å². The van der Waals surface area contributed by atoms with Gasteiger partial charge in [-0.1, -0.05) is 12.1 Å². The number of hydrogen-bond donors (Lipinski definition) is 1. The normalized spacial score (nSPS) is 10.7. The lowest BCUT2D eigenvalue weighted by atomic mass is 10.2. The Bertz CT molecular complexity index is 681. The SMILES string of the molecule is O=C(N/N=C/c1ccc([N+](=O)[O-])o1)c1ccccc1F. The van der Waals surface area contributed by atoms with Crippen LogP contribution >= 0.6 is 0 Å². The maximum Gasteiger partial charge on any atom is 0.433 e. The number of carbonyl (C=O) groups is 1. The van der Waals surface area contributed by atoms with Gasteiger partial charge in [0.2, 0.25) is 0 Å². The predicted molar refractivity (Wildman–Crippen MR) is 66.8 cm³/mol. The maximum atomic E-state index is 13.3. The molecule has 2 rings (SSSR count). The molecule has 0 spiro atoms. The fourth-order valence-electron chi connectivity index (χ4n) is 1.37. The van der Waals surface area contributed by atoms with Crippen molar-refractivity contribution in [2.24, 2.45) is 5.10 Å². The van der Waals surface area contributed by atoms with Crippen LogP contribution in [-0.2, 0) is 0 Å². The molecule has 0 aliphatic heterocycles. The highest BCUT2D eigenvalue weighted by molar-refractivity contribution is 5.94. The van der Waals surface area contributed by atoms with Crippen molar-refractivity contribution < 1.29 is 18.5 Å². The summed E-state index contributed by atoms with van der Waals surface area (Å²) in [5, 5.41) is 13.9. The van der Waals surface area contributed by atoms with Crippen molar-refractivity contribution in [3.8, 4) is 0 Å². The van der Waals surface area contributed by atoms with E-state index < -0.39 is 22.5 Å². The summed E-state index contributed by atoms with van der Waals surface area (Å²) in [6.07, 6.45) is 1.08. The Kier molecular flexibility index (Phi) is 3.85. The van der Waals surface area contributed by atoms with E-state index in [1.807, 2.05) is 0 Å². The minimum atomic E-state index is -0.736. The second-order valence-electron chi connectivity index (χ2n) is 3.61. The van der Waals surface area contributed by atoms with E-state index in [2.05, 4.69) is 10.5 Å². The number of hydrogen-bond acceptors (Lipinski definition) is 5. The lowest BCUT2D eigenvalue weighted by Gasteiger charge is -1.99. The van der Waals surface area contributed by atoms with Crippen molar-refractivity contribution in [1.82, 2.24) is 5.43 Å². The standard InChI is InChI=1S/C12H8FN3O4/c13-10-4-2-1-3-9(10)12(17)15-14-7-8-5-6-11(20-8)16(18)19/h1-7H,(H,15,17)/b14-7+. The summed E-state index contributed by atoms with van der Waals surface area (Å²) in [4.78, 5) is 21.2. The van der Waals surface area contributed by atoms with Crippen LogP contribution in [0.2, 0.25) is 0 Å². The molecular formula is C12H8FN3O4. The molecule has 0 fully saturated rings. The zero-order chi connectivity index (χ0) is 14.5. The van der Waals surface area contributed by atoms with E-state index in [0.29, 0.717) is 0 Å². The molecule has 1 N–H and O–H groups in total. The molecule has 1 aromatic heterocycles. The van der Waals surface area contributed by atoms with Crippen LogP contribution in [0.25, 0.3) is 0 Å². The van der Waals surface area contributed by atoms with Gasteiger partial charge in [0.25, 0.3) is 5.91 Å². The summed E-state index contributed by atoms with van der Waals surface area (Å²) >= 11 is 0. The van der Waals surface area contributed by atoms with Gasteiger partial charge >= 0.3 is 5.88 Å². The van der Waals surface area contributed by atoms with E-state index in [0.717, 1.165) is 18.3 Å². The molecule has 0 radical (unpaired) electrons. The Labute approximate surface area is 111 Å². The highest BCUT2D eigenvalue weighted by Crippen LogP contribution is 2.13. The number of halogens is 1. The van der Waals surface area contributed by atoms with Gasteiger partial charge in [0.1, 0.15) is 10.7 Å². The lowest BCUT2D eigenvalue weighted by molar-refractivity contribution is -0.402. The first-order valence-corrected chi connectivity index (χ1v) is 5.40.